The highest BCUT2D eigenvalue weighted by molar-refractivity contribution is 14.1. The number of carboxylic acids is 1. The van der Waals surface area contributed by atoms with E-state index in [4.69, 9.17) is 28.4 Å². The molecule has 4 aliphatic rings. The summed E-state index contributed by atoms with van der Waals surface area (Å²) < 4.78 is 171. The van der Waals surface area contributed by atoms with Crippen molar-refractivity contribution >= 4 is 196 Å². The van der Waals surface area contributed by atoms with E-state index in [1.54, 1.807) is 97.1 Å². The van der Waals surface area contributed by atoms with Crippen LogP contribution < -0.4 is 33.8 Å². The fourth-order valence-electron chi connectivity index (χ4n) is 16.9. The van der Waals surface area contributed by atoms with Gasteiger partial charge in [-0.25, -0.2) is 79.2 Å². The number of carbonyl (C=O) groups excluding carboxylic acids is 9. The smallest absolute Gasteiger partial charge is 0.340 e. The lowest BCUT2D eigenvalue weighted by atomic mass is 9.82. The maximum Gasteiger partial charge on any atom is 0.340 e. The molecule has 9 aromatic rings. The second kappa shape index (κ2) is 57.0. The second-order valence-electron chi connectivity index (χ2n) is 36.5. The Morgan fingerprint density at radius 1 is 0.356 bits per heavy atom. The highest BCUT2D eigenvalue weighted by Gasteiger charge is 2.40. The summed E-state index contributed by atoms with van der Waals surface area (Å²) in [6.07, 6.45) is 15.3. The maximum atomic E-state index is 15.3. The lowest BCUT2D eigenvalue weighted by molar-refractivity contribution is -0.124. The van der Waals surface area contributed by atoms with Gasteiger partial charge in [-0.2, -0.15) is 8.78 Å². The van der Waals surface area contributed by atoms with Crippen molar-refractivity contribution in [2.45, 2.75) is 223 Å². The number of aromatic nitrogens is 5. The summed E-state index contributed by atoms with van der Waals surface area (Å²) in [6, 6.07) is 16.2. The van der Waals surface area contributed by atoms with Crippen LogP contribution in [0.3, 0.4) is 0 Å². The highest BCUT2D eigenvalue weighted by Crippen LogP contribution is 2.45. The van der Waals surface area contributed by atoms with E-state index in [1.165, 1.54) is 83.0 Å². The van der Waals surface area contributed by atoms with Gasteiger partial charge in [-0.3, -0.25) is 28.8 Å². The Bertz CT molecular complexity index is 6070. The Morgan fingerprint density at radius 2 is 0.630 bits per heavy atom. The van der Waals surface area contributed by atoms with Crippen LogP contribution in [0.4, 0.5) is 66.7 Å². The average molecular weight is 2600 g/mol. The van der Waals surface area contributed by atoms with Crippen LogP contribution in [-0.4, -0.2) is 141 Å². The number of nitrogens with zero attached hydrogens (tertiary/aromatic N) is 9. The number of carbonyl (C=O) groups is 10. The largest absolute Gasteiger partial charge is 0.505 e. The van der Waals surface area contributed by atoms with Gasteiger partial charge in [-0.15, -0.1) is 0 Å². The molecule has 788 valence electrons. The number of aldehydes is 2. The monoisotopic (exact) mass is 2600 g/mol. The normalized spacial score (nSPS) is 17.4. The predicted molar refractivity (Wildman–Crippen MR) is 569 cm³/mol. The van der Waals surface area contributed by atoms with E-state index < -0.39 is 118 Å². The van der Waals surface area contributed by atoms with Gasteiger partial charge in [0.15, 0.2) is 58.8 Å². The summed E-state index contributed by atoms with van der Waals surface area (Å²) in [5.74, 6) is -10.7. The molecule has 0 aliphatic heterocycles. The van der Waals surface area contributed by atoms with Crippen molar-refractivity contribution in [3.05, 3.63) is 213 Å². The van der Waals surface area contributed by atoms with Crippen molar-refractivity contribution in [2.24, 2.45) is 47.3 Å². The summed E-state index contributed by atoms with van der Waals surface area (Å²) in [4.78, 5) is 149. The maximum absolute atomic E-state index is 15.3. The van der Waals surface area contributed by atoms with E-state index in [1.807, 2.05) is 95.5 Å². The van der Waals surface area contributed by atoms with Crippen molar-refractivity contribution in [1.82, 2.24) is 24.9 Å². The molecule has 0 unspecified atom stereocenters. The fraction of sp³-hybridized carbons (Fsp3) is 0.433. The van der Waals surface area contributed by atoms with Gasteiger partial charge >= 0.3 is 23.9 Å². The zero-order valence-corrected chi connectivity index (χ0v) is 93.4. The number of anilines is 4. The fourth-order valence-corrected chi connectivity index (χ4v) is 19.5. The molecule has 4 amide bonds. The number of phenols is 1. The van der Waals surface area contributed by atoms with Crippen LogP contribution in [0.5, 0.6) is 40.6 Å². The molecule has 4 fully saturated rings. The lowest BCUT2D eigenvalue weighted by Crippen LogP contribution is -2.43. The molecule has 4 aliphatic carbocycles. The van der Waals surface area contributed by atoms with Crippen LogP contribution in [-0.2, 0) is 33.4 Å². The minimum absolute atomic E-state index is 0.0107. The molecule has 0 radical (unpaired) electrons. The van der Waals surface area contributed by atoms with Gasteiger partial charge in [0.25, 0.3) is 12.9 Å². The number of hydrogen-bond acceptors (Lipinski definition) is 22. The topological polar surface area (TPSA) is 344 Å². The third-order valence-electron chi connectivity index (χ3n) is 24.8. The molecule has 0 bridgehead atoms. The highest BCUT2D eigenvalue weighted by atomic mass is 127. The van der Waals surface area contributed by atoms with Gasteiger partial charge in [0.1, 0.15) is 0 Å². The summed E-state index contributed by atoms with van der Waals surface area (Å²) in [6.45, 7) is 22.9. The van der Waals surface area contributed by atoms with Crippen LogP contribution in [0, 0.1) is 100 Å². The van der Waals surface area contributed by atoms with Crippen molar-refractivity contribution in [3.63, 3.8) is 0 Å². The molecular formula is C104H114F10I5N9O18. The number of rotatable bonds is 26. The Morgan fingerprint density at radius 3 is 0.904 bits per heavy atom. The number of benzene rings is 4. The Labute approximate surface area is 908 Å². The van der Waals surface area contributed by atoms with E-state index >= 15 is 13.2 Å². The summed E-state index contributed by atoms with van der Waals surface area (Å²) in [5.41, 5.74) is -1.11. The van der Waals surface area contributed by atoms with E-state index in [0.717, 1.165) is 139 Å². The SMILES string of the molecule is CC1CCC(C(=O)N(c2cc(F)c(Oc3nccc(I)c3C(F)F)cc2C(=O)O)C(C)C)CC1.COC(=O)c1cc(O)c(F)cc1N(C(=O)C1CCC(C)CC1)C(C)C.COC(=O)c1cc(Oc2nccc(I)c2C(F)F)c(F)cc1N(C(=O)C1CCC(C)CC1)C(C)C.COC(=O)c1cc(Oc2nccc(I)c2C=O)c(F)cc1N(C(=O)C1CCC(C)CC1)C(C)C.Fc1ncccc1I.O=Cc1c(I)ccnc1F. The first-order valence-electron chi connectivity index (χ1n) is 46.9. The van der Waals surface area contributed by atoms with Gasteiger partial charge in [0.05, 0.1) is 92.2 Å². The number of alkyl halides is 4. The first-order valence-corrected chi connectivity index (χ1v) is 52.3. The molecule has 146 heavy (non-hydrogen) atoms. The van der Waals surface area contributed by atoms with E-state index in [2.05, 4.69) is 52.6 Å². The van der Waals surface area contributed by atoms with Crippen LogP contribution in [0.2, 0.25) is 0 Å². The zero-order valence-electron chi connectivity index (χ0n) is 82.6. The number of carboxylic acid groups (broad SMARTS) is 1. The summed E-state index contributed by atoms with van der Waals surface area (Å²) >= 11 is 9.11. The Balaban J connectivity index is 0.000000225. The number of aromatic hydroxyl groups is 1. The van der Waals surface area contributed by atoms with E-state index in [0.29, 0.717) is 59.8 Å². The van der Waals surface area contributed by atoms with Crippen LogP contribution >= 0.6 is 113 Å². The number of methoxy groups -OCH3 is 3. The third kappa shape index (κ3) is 32.2. The molecule has 0 saturated heterocycles. The van der Waals surface area contributed by atoms with Gasteiger partial charge in [0, 0.05) is 136 Å². The number of ether oxygens (including phenoxy) is 6. The number of halogens is 15. The predicted octanol–water partition coefficient (Wildman–Crippen LogP) is 26.9. The zero-order chi connectivity index (χ0) is 108. The van der Waals surface area contributed by atoms with Crippen molar-refractivity contribution < 1.29 is 130 Å². The number of aromatic carboxylic acids is 1. The third-order valence-corrected chi connectivity index (χ3v) is 29.3. The molecule has 5 aromatic heterocycles. The number of hydrogen-bond donors (Lipinski definition) is 2. The molecule has 42 heteroatoms. The van der Waals surface area contributed by atoms with Gasteiger partial charge in [-0.05, 0) is 337 Å². The summed E-state index contributed by atoms with van der Waals surface area (Å²) in [7, 11) is 3.58. The second-order valence-corrected chi connectivity index (χ2v) is 42.3. The minimum Gasteiger partial charge on any atom is -0.505 e. The van der Waals surface area contributed by atoms with Gasteiger partial charge in [0.2, 0.25) is 53.2 Å². The molecule has 27 nitrogen and oxygen atoms in total. The lowest BCUT2D eigenvalue weighted by Gasteiger charge is -2.34. The van der Waals surface area contributed by atoms with Crippen LogP contribution in [0.25, 0.3) is 0 Å². The Kier molecular flexibility index (Phi) is 47.3. The first-order chi connectivity index (χ1) is 69.0. The standard InChI is InChI=1S/C25H28F3IN2O4.C25H28FIN2O5.C24H26F3IN2O4.C19H26FNO4.C6H3FINO.C5H3FIN/c1-13(2)31(24(32)15-7-5-14(3)6-8-15)19-12-17(26)20(11-16(19)25(33)34-4)35-23-21(22(27)28)18(29)9-10-30-23;1-14(2)29(24(31)16-7-5-15(3)6-8-16)21-12-19(26)22(11-17(21)25(32)33-4)34-23-18(13-30)20(27)9-10-28-23;1-12(2)30(23(31)14-6-4-13(3)5-7-14)18-11-16(25)19(10-15(18)24(32)33)34-22-20(21(26)27)17(28)8-9-29-22;1-11(2)21(18(23)13-7-5-12(3)6-8-13)16-10-15(20)17(22)9-14(16)19(24)25-4;7-6-4(3-10)5(8)1-2-9-6;6-5-4(7)2-1-3-8-5/h9-15,22H,5-8H2,1-4H3;9-16H,5-8H2,1-4H3;8-14,21H,4-7H2,1-3H3,(H,32,33);9-13,22H,5-8H2,1-4H3;1-3H;1-3H. The van der Waals surface area contributed by atoms with Crippen LogP contribution in [0.15, 0.2) is 116 Å². The quantitative estimate of drug-likeness (QED) is 0.0127. The molecular weight excluding hydrogens is 2490 g/mol. The molecule has 4 saturated carbocycles. The number of phenolic OH excluding ortho intramolecular Hbond substituents is 1. The number of amides is 4. The van der Waals surface area contributed by atoms with Crippen LogP contribution in [0.1, 0.15) is 272 Å². The molecule has 5 heterocycles. The minimum atomic E-state index is -2.93. The number of esters is 3. The molecule has 4 aromatic carbocycles. The van der Waals surface area contributed by atoms with Gasteiger partial charge in [-0.1, -0.05) is 27.7 Å². The molecule has 13 rings (SSSR count). The van der Waals surface area contributed by atoms with E-state index in [9.17, 15) is 88.9 Å². The van der Waals surface area contributed by atoms with Crippen molar-refractivity contribution in [2.75, 3.05) is 40.9 Å². The van der Waals surface area contributed by atoms with E-state index in [-0.39, 0.29) is 140 Å². The molecule has 2 N–H and O–H groups in total. The Hall–Kier alpha value is -10.1. The molecule has 0 atom stereocenters. The summed E-state index contributed by atoms with van der Waals surface area (Å²) in [5, 5.41) is 19.5. The van der Waals surface area contributed by atoms with Crippen molar-refractivity contribution in [3.8, 4) is 40.6 Å². The first kappa shape index (κ1) is 121. The molecule has 0 spiro atoms. The average Bonchev–Trinajstić information content (AvgIpc) is 0.809. The number of pyridine rings is 5. The van der Waals surface area contributed by atoms with Crippen molar-refractivity contribution in [1.29, 1.82) is 0 Å². The van der Waals surface area contributed by atoms with Gasteiger partial charge < -0.3 is 58.2 Å².